The van der Waals surface area contributed by atoms with E-state index in [1.807, 2.05) is 12.1 Å². The standard InChI is InChI=1S/C16H19BrN2O3/c17-12-4-1-3-11(9-12)13-10-14(13)15(20)18-5-2-6-19-7-8-22-16(19)21/h1,3-4,9,13-14H,2,5-8,10H2,(H,18,20). The van der Waals surface area contributed by atoms with Crippen LogP contribution in [0.2, 0.25) is 0 Å². The Morgan fingerprint density at radius 2 is 2.32 bits per heavy atom. The van der Waals surface area contributed by atoms with Crippen molar-refractivity contribution < 1.29 is 14.3 Å². The molecule has 1 aromatic carbocycles. The fourth-order valence-electron chi connectivity index (χ4n) is 2.83. The van der Waals surface area contributed by atoms with Crippen LogP contribution in [-0.2, 0) is 9.53 Å². The highest BCUT2D eigenvalue weighted by molar-refractivity contribution is 9.10. The van der Waals surface area contributed by atoms with Crippen molar-refractivity contribution in [3.05, 3.63) is 34.3 Å². The molecule has 5 nitrogen and oxygen atoms in total. The molecule has 2 atom stereocenters. The number of ether oxygens (including phenoxy) is 1. The Kier molecular flexibility index (Phi) is 4.66. The molecular formula is C16H19BrN2O3. The Labute approximate surface area is 138 Å². The lowest BCUT2D eigenvalue weighted by Gasteiger charge is -2.12. The first-order valence-corrected chi connectivity index (χ1v) is 8.39. The fraction of sp³-hybridized carbons (Fsp3) is 0.500. The predicted molar refractivity (Wildman–Crippen MR) is 85.5 cm³/mol. The van der Waals surface area contributed by atoms with E-state index in [0.717, 1.165) is 17.3 Å². The summed E-state index contributed by atoms with van der Waals surface area (Å²) in [5.74, 6) is 0.547. The molecule has 22 heavy (non-hydrogen) atoms. The van der Waals surface area contributed by atoms with Crippen LogP contribution in [0.1, 0.15) is 24.3 Å². The molecule has 0 spiro atoms. The minimum Gasteiger partial charge on any atom is -0.448 e. The molecule has 1 N–H and O–H groups in total. The zero-order valence-corrected chi connectivity index (χ0v) is 13.8. The molecule has 2 aliphatic rings. The monoisotopic (exact) mass is 366 g/mol. The molecule has 2 amide bonds. The maximum atomic E-state index is 12.1. The summed E-state index contributed by atoms with van der Waals surface area (Å²) in [6, 6.07) is 8.14. The van der Waals surface area contributed by atoms with Gasteiger partial charge in [-0.2, -0.15) is 0 Å². The van der Waals surface area contributed by atoms with Crippen molar-refractivity contribution in [3.8, 4) is 0 Å². The first-order valence-electron chi connectivity index (χ1n) is 7.60. The number of halogens is 1. The zero-order chi connectivity index (χ0) is 15.5. The van der Waals surface area contributed by atoms with Gasteiger partial charge in [-0.25, -0.2) is 4.79 Å². The van der Waals surface area contributed by atoms with E-state index in [1.54, 1.807) is 4.90 Å². The maximum Gasteiger partial charge on any atom is 0.409 e. The van der Waals surface area contributed by atoms with Crippen molar-refractivity contribution in [3.63, 3.8) is 0 Å². The number of nitrogens with zero attached hydrogens (tertiary/aromatic N) is 1. The van der Waals surface area contributed by atoms with Gasteiger partial charge in [0.05, 0.1) is 6.54 Å². The van der Waals surface area contributed by atoms with Gasteiger partial charge < -0.3 is 15.0 Å². The molecule has 1 heterocycles. The average Bonchev–Trinajstić information content (AvgIpc) is 3.21. The molecule has 1 saturated heterocycles. The van der Waals surface area contributed by atoms with Gasteiger partial charge in [0, 0.05) is 23.5 Å². The molecule has 3 rings (SSSR count). The molecule has 1 aromatic rings. The minimum atomic E-state index is -0.247. The number of nitrogens with one attached hydrogen (secondary N) is 1. The van der Waals surface area contributed by atoms with Crippen LogP contribution >= 0.6 is 15.9 Å². The number of amides is 2. The predicted octanol–water partition coefficient (Wildman–Crippen LogP) is 2.51. The van der Waals surface area contributed by atoms with Gasteiger partial charge in [-0.1, -0.05) is 28.1 Å². The molecule has 2 unspecified atom stereocenters. The molecule has 6 heteroatoms. The second-order valence-corrected chi connectivity index (χ2v) is 6.67. The van der Waals surface area contributed by atoms with E-state index < -0.39 is 0 Å². The molecule has 0 aromatic heterocycles. The first kappa shape index (κ1) is 15.3. The summed E-state index contributed by atoms with van der Waals surface area (Å²) < 4.78 is 5.91. The Bertz CT molecular complexity index is 578. The summed E-state index contributed by atoms with van der Waals surface area (Å²) >= 11 is 3.46. The van der Waals surface area contributed by atoms with Gasteiger partial charge in [0.15, 0.2) is 0 Å². The van der Waals surface area contributed by atoms with Crippen molar-refractivity contribution in [2.75, 3.05) is 26.2 Å². The zero-order valence-electron chi connectivity index (χ0n) is 12.3. The topological polar surface area (TPSA) is 58.6 Å². The molecule has 0 radical (unpaired) electrons. The number of carbonyl (C=O) groups is 2. The summed E-state index contributed by atoms with van der Waals surface area (Å²) in [6.07, 6.45) is 1.43. The van der Waals surface area contributed by atoms with Crippen molar-refractivity contribution in [1.82, 2.24) is 10.2 Å². The quantitative estimate of drug-likeness (QED) is 0.786. The third-order valence-corrected chi connectivity index (χ3v) is 4.65. The smallest absolute Gasteiger partial charge is 0.409 e. The lowest BCUT2D eigenvalue weighted by Crippen LogP contribution is -2.31. The largest absolute Gasteiger partial charge is 0.448 e. The highest BCUT2D eigenvalue weighted by Crippen LogP contribution is 2.47. The van der Waals surface area contributed by atoms with Crippen LogP contribution in [0.15, 0.2) is 28.7 Å². The third kappa shape index (κ3) is 3.61. The van der Waals surface area contributed by atoms with Crippen molar-refractivity contribution >= 4 is 27.9 Å². The summed E-state index contributed by atoms with van der Waals surface area (Å²) in [5, 5.41) is 2.97. The second kappa shape index (κ2) is 6.69. The normalized spacial score (nSPS) is 23.3. The van der Waals surface area contributed by atoms with E-state index >= 15 is 0 Å². The Balaban J connectivity index is 1.38. The molecular weight excluding hydrogens is 348 g/mol. The molecule has 2 fully saturated rings. The molecule has 1 saturated carbocycles. The van der Waals surface area contributed by atoms with Crippen LogP contribution in [0.5, 0.6) is 0 Å². The van der Waals surface area contributed by atoms with Gasteiger partial charge in [0.2, 0.25) is 5.91 Å². The van der Waals surface area contributed by atoms with E-state index in [2.05, 4.69) is 33.4 Å². The lowest BCUT2D eigenvalue weighted by molar-refractivity contribution is -0.122. The summed E-state index contributed by atoms with van der Waals surface area (Å²) in [4.78, 5) is 25.0. The fourth-order valence-corrected chi connectivity index (χ4v) is 3.25. The van der Waals surface area contributed by atoms with Crippen LogP contribution in [0.3, 0.4) is 0 Å². The van der Waals surface area contributed by atoms with Crippen molar-refractivity contribution in [2.45, 2.75) is 18.8 Å². The number of carbonyl (C=O) groups excluding carboxylic acids is 2. The van der Waals surface area contributed by atoms with Crippen LogP contribution < -0.4 is 5.32 Å². The van der Waals surface area contributed by atoms with Gasteiger partial charge in [-0.15, -0.1) is 0 Å². The molecule has 1 aliphatic carbocycles. The number of hydrogen-bond donors (Lipinski definition) is 1. The number of hydrogen-bond acceptors (Lipinski definition) is 3. The SMILES string of the molecule is O=C(NCCCN1CCOC1=O)C1CC1c1cccc(Br)c1. The number of cyclic esters (lactones) is 1. The Hall–Kier alpha value is -1.56. The van der Waals surface area contributed by atoms with E-state index in [-0.39, 0.29) is 17.9 Å². The van der Waals surface area contributed by atoms with E-state index in [4.69, 9.17) is 4.74 Å². The Morgan fingerprint density at radius 1 is 1.45 bits per heavy atom. The van der Waals surface area contributed by atoms with Gasteiger partial charge in [-0.05, 0) is 36.5 Å². The van der Waals surface area contributed by atoms with Gasteiger partial charge in [0.25, 0.3) is 0 Å². The van der Waals surface area contributed by atoms with Crippen LogP contribution in [0.25, 0.3) is 0 Å². The number of benzene rings is 1. The highest BCUT2D eigenvalue weighted by atomic mass is 79.9. The van der Waals surface area contributed by atoms with E-state index in [1.165, 1.54) is 5.56 Å². The lowest BCUT2D eigenvalue weighted by atomic mass is 10.1. The first-order chi connectivity index (χ1) is 10.6. The summed E-state index contributed by atoms with van der Waals surface area (Å²) in [7, 11) is 0. The van der Waals surface area contributed by atoms with E-state index in [0.29, 0.717) is 32.2 Å². The van der Waals surface area contributed by atoms with Gasteiger partial charge >= 0.3 is 6.09 Å². The summed E-state index contributed by atoms with van der Waals surface area (Å²) in [5.41, 5.74) is 1.22. The molecule has 0 bridgehead atoms. The molecule has 1 aliphatic heterocycles. The second-order valence-electron chi connectivity index (χ2n) is 5.75. The third-order valence-electron chi connectivity index (χ3n) is 4.15. The van der Waals surface area contributed by atoms with Gasteiger partial charge in [-0.3, -0.25) is 4.79 Å². The van der Waals surface area contributed by atoms with Crippen molar-refractivity contribution in [2.24, 2.45) is 5.92 Å². The van der Waals surface area contributed by atoms with Crippen LogP contribution in [0.4, 0.5) is 4.79 Å². The highest BCUT2D eigenvalue weighted by Gasteiger charge is 2.43. The summed E-state index contributed by atoms with van der Waals surface area (Å²) in [6.45, 7) is 2.37. The van der Waals surface area contributed by atoms with E-state index in [9.17, 15) is 9.59 Å². The van der Waals surface area contributed by atoms with Crippen LogP contribution in [-0.4, -0.2) is 43.1 Å². The molecule has 118 valence electrons. The minimum absolute atomic E-state index is 0.0889. The van der Waals surface area contributed by atoms with Gasteiger partial charge in [0.1, 0.15) is 6.61 Å². The van der Waals surface area contributed by atoms with Crippen LogP contribution in [0, 0.1) is 5.92 Å². The average molecular weight is 367 g/mol. The van der Waals surface area contributed by atoms with Crippen molar-refractivity contribution in [1.29, 1.82) is 0 Å². The Morgan fingerprint density at radius 3 is 3.05 bits per heavy atom. The number of rotatable bonds is 6. The maximum absolute atomic E-state index is 12.1.